The molecule has 0 fully saturated rings. The van der Waals surface area contributed by atoms with Crippen LogP contribution in [0.15, 0.2) is 36.5 Å². The summed E-state index contributed by atoms with van der Waals surface area (Å²) in [7, 11) is 0. The van der Waals surface area contributed by atoms with E-state index in [4.69, 9.17) is 11.6 Å². The van der Waals surface area contributed by atoms with Gasteiger partial charge in [-0.05, 0) is 37.6 Å². The quantitative estimate of drug-likeness (QED) is 0.881. The number of rotatable bonds is 3. The molecule has 0 bridgehead atoms. The fourth-order valence-corrected chi connectivity index (χ4v) is 2.20. The maximum Gasteiger partial charge on any atom is 0.261 e. The molecule has 2 aromatic rings. The summed E-state index contributed by atoms with van der Waals surface area (Å²) in [6.45, 7) is 4.22. The minimum absolute atomic E-state index is 0.120. The maximum absolute atomic E-state index is 12.6. The van der Waals surface area contributed by atoms with Crippen molar-refractivity contribution < 1.29 is 9.90 Å². The van der Waals surface area contributed by atoms with Crippen LogP contribution in [0.4, 0.5) is 5.69 Å². The summed E-state index contributed by atoms with van der Waals surface area (Å²) in [5.74, 6) is -0.117. The highest BCUT2D eigenvalue weighted by atomic mass is 35.5. The summed E-state index contributed by atoms with van der Waals surface area (Å²) in [4.78, 5) is 18.1. The predicted molar refractivity (Wildman–Crippen MR) is 79.4 cm³/mol. The first kappa shape index (κ1) is 14.3. The zero-order valence-corrected chi connectivity index (χ0v) is 12.1. The molecular formula is C15H15ClN2O2. The number of hydrogen-bond donors (Lipinski definition) is 1. The van der Waals surface area contributed by atoms with Gasteiger partial charge in [-0.15, -0.1) is 0 Å². The molecule has 4 nitrogen and oxygen atoms in total. The molecule has 1 N–H and O–H groups in total. The number of aryl methyl sites for hydroxylation is 1. The second-order valence-electron chi connectivity index (χ2n) is 4.36. The van der Waals surface area contributed by atoms with Crippen molar-refractivity contribution in [2.24, 2.45) is 0 Å². The molecule has 5 heteroatoms. The van der Waals surface area contributed by atoms with E-state index >= 15 is 0 Å². The molecule has 0 aliphatic carbocycles. The molecule has 0 aliphatic rings. The minimum Gasteiger partial charge on any atom is -0.508 e. The van der Waals surface area contributed by atoms with Gasteiger partial charge in [-0.25, -0.2) is 4.98 Å². The molecular weight excluding hydrogens is 276 g/mol. The van der Waals surface area contributed by atoms with E-state index in [1.54, 1.807) is 35.2 Å². The summed E-state index contributed by atoms with van der Waals surface area (Å²) in [6.07, 6.45) is 1.54. The van der Waals surface area contributed by atoms with E-state index in [0.29, 0.717) is 17.8 Å². The first-order chi connectivity index (χ1) is 9.54. The fourth-order valence-electron chi connectivity index (χ4n) is 2.00. The Hall–Kier alpha value is -2.07. The van der Waals surface area contributed by atoms with Crippen LogP contribution in [0.3, 0.4) is 0 Å². The Balaban J connectivity index is 2.45. The number of halogens is 1. The summed E-state index contributed by atoms with van der Waals surface area (Å²) >= 11 is 5.97. The lowest BCUT2D eigenvalue weighted by Gasteiger charge is -2.23. The Kier molecular flexibility index (Phi) is 4.25. The number of benzene rings is 1. The van der Waals surface area contributed by atoms with E-state index in [-0.39, 0.29) is 16.8 Å². The molecule has 20 heavy (non-hydrogen) atoms. The van der Waals surface area contributed by atoms with Gasteiger partial charge in [0, 0.05) is 18.8 Å². The Morgan fingerprint density at radius 2 is 2.15 bits per heavy atom. The molecule has 0 radical (unpaired) electrons. The highest BCUT2D eigenvalue weighted by Crippen LogP contribution is 2.27. The van der Waals surface area contributed by atoms with E-state index in [0.717, 1.165) is 5.56 Å². The molecule has 0 aliphatic heterocycles. The molecule has 1 amide bonds. The fraction of sp³-hybridized carbons (Fsp3) is 0.200. The van der Waals surface area contributed by atoms with Gasteiger partial charge in [0.15, 0.2) is 0 Å². The monoisotopic (exact) mass is 290 g/mol. The minimum atomic E-state index is -0.237. The predicted octanol–water partition coefficient (Wildman–Crippen LogP) is 3.42. The number of carbonyl (C=O) groups is 1. The lowest BCUT2D eigenvalue weighted by Crippen LogP contribution is -2.31. The van der Waals surface area contributed by atoms with Crippen LogP contribution in [0, 0.1) is 6.92 Å². The van der Waals surface area contributed by atoms with Crippen molar-refractivity contribution in [3.63, 3.8) is 0 Å². The molecule has 0 spiro atoms. The number of phenolic OH excluding ortho intramolecular Hbond substituents is 1. The van der Waals surface area contributed by atoms with Gasteiger partial charge < -0.3 is 10.0 Å². The highest BCUT2D eigenvalue weighted by Gasteiger charge is 2.20. The SMILES string of the molecule is CCN(C(=O)c1cccnc1Cl)c1cc(O)ccc1C. The molecule has 1 aromatic heterocycles. The van der Waals surface area contributed by atoms with E-state index in [1.807, 2.05) is 13.8 Å². The van der Waals surface area contributed by atoms with Gasteiger partial charge in [0.2, 0.25) is 0 Å². The zero-order chi connectivity index (χ0) is 14.7. The van der Waals surface area contributed by atoms with Crippen LogP contribution < -0.4 is 4.90 Å². The first-order valence-corrected chi connectivity index (χ1v) is 6.64. The van der Waals surface area contributed by atoms with E-state index in [1.165, 1.54) is 6.20 Å². The van der Waals surface area contributed by atoms with Crippen molar-refractivity contribution in [2.75, 3.05) is 11.4 Å². The molecule has 1 heterocycles. The molecule has 104 valence electrons. The standard InChI is InChI=1S/C15H15ClN2O2/c1-3-18(13-9-11(19)7-6-10(13)2)15(20)12-5-4-8-17-14(12)16/h4-9,19H,3H2,1-2H3. The van der Waals surface area contributed by atoms with Gasteiger partial charge >= 0.3 is 0 Å². The van der Waals surface area contributed by atoms with Crippen molar-refractivity contribution in [3.8, 4) is 5.75 Å². The van der Waals surface area contributed by atoms with Gasteiger partial charge in [0.05, 0.1) is 11.3 Å². The lowest BCUT2D eigenvalue weighted by molar-refractivity contribution is 0.0988. The molecule has 0 saturated carbocycles. The van der Waals surface area contributed by atoms with Crippen molar-refractivity contribution >= 4 is 23.2 Å². The Bertz CT molecular complexity index is 644. The molecule has 0 saturated heterocycles. The van der Waals surface area contributed by atoms with Crippen molar-refractivity contribution in [2.45, 2.75) is 13.8 Å². The number of anilines is 1. The summed E-state index contributed by atoms with van der Waals surface area (Å²) in [6, 6.07) is 8.24. The van der Waals surface area contributed by atoms with Gasteiger partial charge in [-0.3, -0.25) is 4.79 Å². The van der Waals surface area contributed by atoms with Crippen LogP contribution >= 0.6 is 11.6 Å². The van der Waals surface area contributed by atoms with Gasteiger partial charge in [-0.1, -0.05) is 17.7 Å². The lowest BCUT2D eigenvalue weighted by atomic mass is 10.1. The van der Waals surface area contributed by atoms with Gasteiger partial charge in [-0.2, -0.15) is 0 Å². The molecule has 2 rings (SSSR count). The number of aromatic nitrogens is 1. The maximum atomic E-state index is 12.6. The average Bonchev–Trinajstić information content (AvgIpc) is 2.44. The van der Waals surface area contributed by atoms with Crippen LogP contribution in [0.5, 0.6) is 5.75 Å². The van der Waals surface area contributed by atoms with Crippen molar-refractivity contribution in [1.29, 1.82) is 0 Å². The number of nitrogens with zero attached hydrogens (tertiary/aromatic N) is 2. The largest absolute Gasteiger partial charge is 0.508 e. The summed E-state index contributed by atoms with van der Waals surface area (Å²) < 4.78 is 0. The Labute approximate surface area is 122 Å². The van der Waals surface area contributed by atoms with Crippen molar-refractivity contribution in [3.05, 3.63) is 52.8 Å². The second kappa shape index (κ2) is 5.92. The first-order valence-electron chi connectivity index (χ1n) is 6.26. The highest BCUT2D eigenvalue weighted by molar-refractivity contribution is 6.33. The number of aromatic hydroxyl groups is 1. The third-order valence-corrected chi connectivity index (χ3v) is 3.34. The number of hydrogen-bond acceptors (Lipinski definition) is 3. The number of pyridine rings is 1. The Morgan fingerprint density at radius 1 is 1.40 bits per heavy atom. The molecule has 0 unspecified atom stereocenters. The third kappa shape index (κ3) is 2.75. The van der Waals surface area contributed by atoms with Crippen LogP contribution in [0.25, 0.3) is 0 Å². The van der Waals surface area contributed by atoms with Gasteiger partial charge in [0.1, 0.15) is 10.9 Å². The van der Waals surface area contributed by atoms with Gasteiger partial charge in [0.25, 0.3) is 5.91 Å². The number of phenols is 1. The van der Waals surface area contributed by atoms with Crippen LogP contribution in [-0.2, 0) is 0 Å². The van der Waals surface area contributed by atoms with E-state index in [2.05, 4.69) is 4.98 Å². The normalized spacial score (nSPS) is 10.3. The van der Waals surface area contributed by atoms with Crippen molar-refractivity contribution in [1.82, 2.24) is 4.98 Å². The summed E-state index contributed by atoms with van der Waals surface area (Å²) in [5, 5.41) is 9.79. The van der Waals surface area contributed by atoms with Crippen LogP contribution in [-0.4, -0.2) is 22.5 Å². The second-order valence-corrected chi connectivity index (χ2v) is 4.72. The Morgan fingerprint density at radius 3 is 2.80 bits per heavy atom. The summed E-state index contributed by atoms with van der Waals surface area (Å²) in [5.41, 5.74) is 1.91. The van der Waals surface area contributed by atoms with Crippen LogP contribution in [0.1, 0.15) is 22.8 Å². The average molecular weight is 291 g/mol. The number of carbonyl (C=O) groups excluding carboxylic acids is 1. The number of amides is 1. The zero-order valence-electron chi connectivity index (χ0n) is 11.3. The molecule has 0 atom stereocenters. The topological polar surface area (TPSA) is 53.4 Å². The third-order valence-electron chi connectivity index (χ3n) is 3.03. The molecule has 1 aromatic carbocycles. The van der Waals surface area contributed by atoms with E-state index in [9.17, 15) is 9.90 Å². The smallest absolute Gasteiger partial charge is 0.261 e. The van der Waals surface area contributed by atoms with Crippen LogP contribution in [0.2, 0.25) is 5.15 Å². The van der Waals surface area contributed by atoms with E-state index < -0.39 is 0 Å².